The van der Waals surface area contributed by atoms with Crippen molar-refractivity contribution in [2.24, 2.45) is 0 Å². The molecule has 96 valence electrons. The second-order valence-electron chi connectivity index (χ2n) is 4.88. The second-order valence-corrected chi connectivity index (χ2v) is 4.88. The number of nitrogens with zero attached hydrogens (tertiary/aromatic N) is 2. The number of benzene rings is 1. The van der Waals surface area contributed by atoms with Crippen LogP contribution >= 0.6 is 0 Å². The van der Waals surface area contributed by atoms with Crippen LogP contribution in [-0.2, 0) is 0 Å². The monoisotopic (exact) mass is 256 g/mol. The predicted octanol–water partition coefficient (Wildman–Crippen LogP) is 1.90. The Hall–Kier alpha value is -2.50. The summed E-state index contributed by atoms with van der Waals surface area (Å²) in [6.45, 7) is 0. The van der Waals surface area contributed by atoms with Crippen LogP contribution in [0.1, 0.15) is 18.9 Å². The number of imidazole rings is 1. The molecule has 0 aliphatic heterocycles. The molecular weight excluding hydrogens is 244 g/mol. The van der Waals surface area contributed by atoms with E-state index in [4.69, 9.17) is 10.3 Å². The van der Waals surface area contributed by atoms with Gasteiger partial charge in [0.05, 0.1) is 11.0 Å². The normalized spacial score (nSPS) is 15.2. The summed E-state index contributed by atoms with van der Waals surface area (Å²) in [5.41, 5.74) is 8.08. The summed E-state index contributed by atoms with van der Waals surface area (Å²) < 4.78 is 6.95. The molecule has 1 aliphatic carbocycles. The molecule has 3 aromatic rings. The quantitative estimate of drug-likeness (QED) is 0.732. The van der Waals surface area contributed by atoms with Gasteiger partial charge in [-0.05, 0) is 31.0 Å². The van der Waals surface area contributed by atoms with Gasteiger partial charge in [0.25, 0.3) is 0 Å². The van der Waals surface area contributed by atoms with Crippen molar-refractivity contribution in [1.82, 2.24) is 14.7 Å². The number of aromatic nitrogens is 3. The first-order valence-electron chi connectivity index (χ1n) is 6.19. The third kappa shape index (κ3) is 1.56. The van der Waals surface area contributed by atoms with Gasteiger partial charge in [0.1, 0.15) is 0 Å². The van der Waals surface area contributed by atoms with E-state index in [0.717, 1.165) is 29.4 Å². The number of nitrogen functional groups attached to an aromatic ring is 1. The number of anilines is 1. The van der Waals surface area contributed by atoms with Crippen LogP contribution in [0.3, 0.4) is 0 Å². The number of fused-ring (bicyclic) bond motifs is 1. The average Bonchev–Trinajstić information content (AvgIpc) is 3.03. The van der Waals surface area contributed by atoms with Crippen LogP contribution in [0.15, 0.2) is 33.6 Å². The summed E-state index contributed by atoms with van der Waals surface area (Å²) in [6.07, 6.45) is 2.15. The maximum atomic E-state index is 11.9. The van der Waals surface area contributed by atoms with Gasteiger partial charge in [0, 0.05) is 17.7 Å². The molecule has 0 saturated heterocycles. The third-order valence-electron chi connectivity index (χ3n) is 3.44. The van der Waals surface area contributed by atoms with E-state index in [9.17, 15) is 4.79 Å². The van der Waals surface area contributed by atoms with E-state index in [-0.39, 0.29) is 5.69 Å². The molecule has 1 fully saturated rings. The molecule has 0 atom stereocenters. The number of hydrogen-bond acceptors (Lipinski definition) is 4. The molecule has 0 radical (unpaired) electrons. The molecule has 6 heteroatoms. The Balaban J connectivity index is 1.90. The van der Waals surface area contributed by atoms with Crippen molar-refractivity contribution in [3.05, 3.63) is 34.7 Å². The molecule has 0 amide bonds. The van der Waals surface area contributed by atoms with Crippen molar-refractivity contribution in [2.45, 2.75) is 18.9 Å². The molecule has 3 N–H and O–H groups in total. The van der Waals surface area contributed by atoms with Gasteiger partial charge in [0.15, 0.2) is 11.6 Å². The summed E-state index contributed by atoms with van der Waals surface area (Å²) in [5, 5.41) is 3.66. The van der Waals surface area contributed by atoms with Crippen LogP contribution in [0.4, 0.5) is 5.82 Å². The molecule has 2 aromatic heterocycles. The van der Waals surface area contributed by atoms with E-state index in [0.29, 0.717) is 17.6 Å². The summed E-state index contributed by atoms with van der Waals surface area (Å²) in [5.74, 6) is 0.943. The maximum Gasteiger partial charge on any atom is 0.326 e. The fraction of sp³-hybridized carbons (Fsp3) is 0.231. The van der Waals surface area contributed by atoms with Crippen molar-refractivity contribution in [1.29, 1.82) is 0 Å². The minimum atomic E-state index is -0.0493. The van der Waals surface area contributed by atoms with Gasteiger partial charge in [-0.3, -0.25) is 4.57 Å². The van der Waals surface area contributed by atoms with Crippen LogP contribution in [0.25, 0.3) is 22.4 Å². The number of nitrogens with one attached hydrogen (secondary N) is 1. The lowest BCUT2D eigenvalue weighted by molar-refractivity contribution is 0.436. The predicted molar refractivity (Wildman–Crippen MR) is 70.7 cm³/mol. The smallest absolute Gasteiger partial charge is 0.326 e. The number of hydrogen-bond donors (Lipinski definition) is 2. The summed E-state index contributed by atoms with van der Waals surface area (Å²) >= 11 is 0. The van der Waals surface area contributed by atoms with Crippen molar-refractivity contribution in [3.8, 4) is 11.3 Å². The fourth-order valence-corrected chi connectivity index (χ4v) is 2.40. The summed E-state index contributed by atoms with van der Waals surface area (Å²) in [7, 11) is 0. The molecule has 1 aliphatic rings. The van der Waals surface area contributed by atoms with Crippen LogP contribution in [0.5, 0.6) is 0 Å². The van der Waals surface area contributed by atoms with Gasteiger partial charge < -0.3 is 15.2 Å². The van der Waals surface area contributed by atoms with Crippen molar-refractivity contribution >= 4 is 16.9 Å². The Morgan fingerprint density at radius 1 is 1.37 bits per heavy atom. The molecule has 0 bridgehead atoms. The average molecular weight is 256 g/mol. The SMILES string of the molecule is Nc1cc(-c2ccc3c(c2)[nH]c(=O)n3C2CC2)on1. The largest absolute Gasteiger partial charge is 0.381 e. The topological polar surface area (TPSA) is 89.8 Å². The van der Waals surface area contributed by atoms with Crippen LogP contribution in [0, 0.1) is 0 Å². The zero-order valence-corrected chi connectivity index (χ0v) is 10.1. The van der Waals surface area contributed by atoms with Crippen LogP contribution in [0.2, 0.25) is 0 Å². The first-order chi connectivity index (χ1) is 9.22. The molecule has 0 spiro atoms. The minimum Gasteiger partial charge on any atom is -0.381 e. The van der Waals surface area contributed by atoms with E-state index in [2.05, 4.69) is 10.1 Å². The number of nitrogens with two attached hydrogens (primary N) is 1. The highest BCUT2D eigenvalue weighted by molar-refractivity contribution is 5.81. The van der Waals surface area contributed by atoms with E-state index < -0.39 is 0 Å². The third-order valence-corrected chi connectivity index (χ3v) is 3.44. The van der Waals surface area contributed by atoms with Gasteiger partial charge in [0.2, 0.25) is 0 Å². The highest BCUT2D eigenvalue weighted by Crippen LogP contribution is 2.36. The van der Waals surface area contributed by atoms with Crippen molar-refractivity contribution < 1.29 is 4.52 Å². The Labute approximate surface area is 107 Å². The maximum absolute atomic E-state index is 11.9. The Morgan fingerprint density at radius 2 is 2.21 bits per heavy atom. The van der Waals surface area contributed by atoms with Gasteiger partial charge in [-0.2, -0.15) is 0 Å². The zero-order chi connectivity index (χ0) is 13.0. The molecule has 1 saturated carbocycles. The van der Waals surface area contributed by atoms with Crippen molar-refractivity contribution in [2.75, 3.05) is 5.73 Å². The van der Waals surface area contributed by atoms with E-state index in [1.807, 2.05) is 22.8 Å². The lowest BCUT2D eigenvalue weighted by Crippen LogP contribution is -2.14. The number of aromatic amines is 1. The molecule has 4 rings (SSSR count). The highest BCUT2D eigenvalue weighted by atomic mass is 16.5. The molecular formula is C13H12N4O2. The molecule has 19 heavy (non-hydrogen) atoms. The lowest BCUT2D eigenvalue weighted by Gasteiger charge is -2.00. The van der Waals surface area contributed by atoms with Gasteiger partial charge in [-0.15, -0.1) is 0 Å². The Bertz CT molecular complexity index is 823. The second kappa shape index (κ2) is 3.50. The molecule has 6 nitrogen and oxygen atoms in total. The van der Waals surface area contributed by atoms with E-state index >= 15 is 0 Å². The van der Waals surface area contributed by atoms with E-state index in [1.54, 1.807) is 6.07 Å². The fourth-order valence-electron chi connectivity index (χ4n) is 2.40. The standard InChI is InChI=1S/C13H12N4O2/c14-12-6-11(19-16-12)7-1-4-10-9(5-7)15-13(18)17(10)8-2-3-8/h1,4-6,8H,2-3H2,(H2,14,16)(H,15,18). The van der Waals surface area contributed by atoms with Gasteiger partial charge >= 0.3 is 5.69 Å². The lowest BCUT2D eigenvalue weighted by atomic mass is 10.1. The molecule has 1 aromatic carbocycles. The zero-order valence-electron chi connectivity index (χ0n) is 10.1. The number of H-pyrrole nitrogens is 1. The summed E-state index contributed by atoms with van der Waals surface area (Å²) in [6, 6.07) is 7.74. The van der Waals surface area contributed by atoms with E-state index in [1.165, 1.54) is 0 Å². The highest BCUT2D eigenvalue weighted by Gasteiger charge is 2.27. The van der Waals surface area contributed by atoms with Gasteiger partial charge in [-0.1, -0.05) is 5.16 Å². The minimum absolute atomic E-state index is 0.0493. The number of rotatable bonds is 2. The van der Waals surface area contributed by atoms with Crippen LogP contribution in [-0.4, -0.2) is 14.7 Å². The molecule has 0 unspecified atom stereocenters. The van der Waals surface area contributed by atoms with Crippen LogP contribution < -0.4 is 11.4 Å². The molecule has 2 heterocycles. The van der Waals surface area contributed by atoms with Crippen molar-refractivity contribution in [3.63, 3.8) is 0 Å². The first kappa shape index (κ1) is 10.4. The summed E-state index contributed by atoms with van der Waals surface area (Å²) in [4.78, 5) is 14.8. The Morgan fingerprint density at radius 3 is 2.89 bits per heavy atom. The Kier molecular flexibility index (Phi) is 1.92. The van der Waals surface area contributed by atoms with Gasteiger partial charge in [-0.25, -0.2) is 4.79 Å². The first-order valence-corrected chi connectivity index (χ1v) is 6.19.